The van der Waals surface area contributed by atoms with Crippen molar-refractivity contribution < 1.29 is 4.42 Å². The molecule has 4 aromatic rings. The predicted molar refractivity (Wildman–Crippen MR) is 135 cm³/mol. The normalized spacial score (nSPS) is 11.4. The molecular formula is C26H27Cl2N3O. The molecule has 4 nitrogen and oxygen atoms in total. The molecule has 0 aliphatic heterocycles. The minimum Gasteiger partial charge on any atom is -0.460 e. The molecule has 2 aromatic carbocycles. The van der Waals surface area contributed by atoms with E-state index in [1.165, 1.54) is 0 Å². The number of nitrogens with one attached hydrogen (secondary N) is 1. The van der Waals surface area contributed by atoms with Gasteiger partial charge in [-0.1, -0.05) is 42.3 Å². The molecule has 0 aliphatic carbocycles. The lowest BCUT2D eigenvalue weighted by atomic mass is 10.2. The lowest BCUT2D eigenvalue weighted by Gasteiger charge is -2.20. The summed E-state index contributed by atoms with van der Waals surface area (Å²) in [6, 6.07) is 19.7. The monoisotopic (exact) mass is 467 g/mol. The Hall–Kier alpha value is -2.53. The number of nitrogens with zero attached hydrogens (tertiary/aromatic N) is 2. The van der Waals surface area contributed by atoms with Crippen LogP contribution in [0.5, 0.6) is 0 Å². The Morgan fingerprint density at radius 2 is 1.84 bits per heavy atom. The molecule has 1 N–H and O–H groups in total. The Bertz CT molecular complexity index is 1170. The van der Waals surface area contributed by atoms with Crippen molar-refractivity contribution in [3.63, 3.8) is 0 Å². The molecule has 0 saturated carbocycles. The van der Waals surface area contributed by atoms with Gasteiger partial charge < -0.3 is 9.73 Å². The van der Waals surface area contributed by atoms with Crippen molar-refractivity contribution in [3.05, 3.63) is 82.7 Å². The Morgan fingerprint density at radius 3 is 2.69 bits per heavy atom. The lowest BCUT2D eigenvalue weighted by molar-refractivity contribution is 0.244. The van der Waals surface area contributed by atoms with Crippen molar-refractivity contribution in [2.24, 2.45) is 0 Å². The van der Waals surface area contributed by atoms with Crippen molar-refractivity contribution in [1.29, 1.82) is 0 Å². The third kappa shape index (κ3) is 5.83. The van der Waals surface area contributed by atoms with Crippen LogP contribution < -0.4 is 5.32 Å². The number of benzene rings is 2. The van der Waals surface area contributed by atoms with E-state index in [-0.39, 0.29) is 0 Å². The molecule has 0 aliphatic rings. The van der Waals surface area contributed by atoms with Gasteiger partial charge in [0.05, 0.1) is 12.1 Å². The number of fused-ring (bicyclic) bond motifs is 1. The summed E-state index contributed by atoms with van der Waals surface area (Å²) in [6.07, 6.45) is 3.95. The summed E-state index contributed by atoms with van der Waals surface area (Å²) in [4.78, 5) is 6.85. The fourth-order valence-electron chi connectivity index (χ4n) is 3.87. The van der Waals surface area contributed by atoms with Gasteiger partial charge >= 0.3 is 0 Å². The van der Waals surface area contributed by atoms with Crippen LogP contribution in [0.25, 0.3) is 22.2 Å². The molecular weight excluding hydrogens is 441 g/mol. The molecule has 0 radical (unpaired) electrons. The van der Waals surface area contributed by atoms with Gasteiger partial charge in [-0.2, -0.15) is 0 Å². The number of halogens is 2. The third-order valence-electron chi connectivity index (χ3n) is 5.36. The van der Waals surface area contributed by atoms with Crippen molar-refractivity contribution in [2.75, 3.05) is 25.0 Å². The van der Waals surface area contributed by atoms with Crippen LogP contribution in [-0.4, -0.2) is 29.5 Å². The van der Waals surface area contributed by atoms with Gasteiger partial charge in [-0.25, -0.2) is 0 Å². The van der Waals surface area contributed by atoms with E-state index in [4.69, 9.17) is 27.6 Å². The number of furan rings is 1. The van der Waals surface area contributed by atoms with E-state index in [9.17, 15) is 0 Å². The highest BCUT2D eigenvalue weighted by atomic mass is 35.5. The van der Waals surface area contributed by atoms with Crippen LogP contribution in [0.4, 0.5) is 5.69 Å². The highest BCUT2D eigenvalue weighted by Crippen LogP contribution is 2.26. The molecule has 4 rings (SSSR count). The molecule has 0 amide bonds. The molecule has 6 heteroatoms. The van der Waals surface area contributed by atoms with Gasteiger partial charge in [0.15, 0.2) is 0 Å². The van der Waals surface area contributed by atoms with Gasteiger partial charge in [0.2, 0.25) is 0 Å². The maximum absolute atomic E-state index is 6.12. The number of hydrogen-bond donors (Lipinski definition) is 1. The number of hydrogen-bond acceptors (Lipinski definition) is 4. The van der Waals surface area contributed by atoms with Gasteiger partial charge in [0.25, 0.3) is 0 Å². The molecule has 166 valence electrons. The van der Waals surface area contributed by atoms with Crippen LogP contribution >= 0.6 is 23.2 Å². The van der Waals surface area contributed by atoms with Gasteiger partial charge in [0, 0.05) is 46.0 Å². The largest absolute Gasteiger partial charge is 0.460 e. The molecule has 0 bridgehead atoms. The second-order valence-corrected chi connectivity index (χ2v) is 8.73. The molecule has 2 heterocycles. The summed E-state index contributed by atoms with van der Waals surface area (Å²) in [6.45, 7) is 5.91. The van der Waals surface area contributed by atoms with Gasteiger partial charge in [-0.05, 0) is 67.9 Å². The predicted octanol–water partition coefficient (Wildman–Crippen LogP) is 7.52. The van der Waals surface area contributed by atoms with Crippen LogP contribution in [-0.2, 0) is 6.54 Å². The van der Waals surface area contributed by atoms with E-state index in [0.29, 0.717) is 10.0 Å². The summed E-state index contributed by atoms with van der Waals surface area (Å²) in [5.41, 5.74) is 3.00. The first-order chi connectivity index (χ1) is 15.6. The maximum atomic E-state index is 6.12. The summed E-state index contributed by atoms with van der Waals surface area (Å²) in [5, 5.41) is 6.06. The van der Waals surface area contributed by atoms with E-state index >= 15 is 0 Å². The van der Waals surface area contributed by atoms with E-state index < -0.39 is 0 Å². The number of pyridine rings is 1. The molecule has 0 saturated heterocycles. The summed E-state index contributed by atoms with van der Waals surface area (Å²) >= 11 is 12.2. The van der Waals surface area contributed by atoms with Crippen LogP contribution in [0.3, 0.4) is 0 Å². The molecule has 0 atom stereocenters. The Morgan fingerprint density at radius 1 is 0.969 bits per heavy atom. The van der Waals surface area contributed by atoms with Crippen LogP contribution in [0.15, 0.2) is 71.3 Å². The molecule has 2 aromatic heterocycles. The average molecular weight is 468 g/mol. The zero-order valence-corrected chi connectivity index (χ0v) is 19.7. The maximum Gasteiger partial charge on any atom is 0.134 e. The van der Waals surface area contributed by atoms with Crippen LogP contribution in [0.2, 0.25) is 10.0 Å². The van der Waals surface area contributed by atoms with Crippen LogP contribution in [0, 0.1) is 0 Å². The third-order valence-corrected chi connectivity index (χ3v) is 5.83. The second-order valence-electron chi connectivity index (χ2n) is 7.85. The quantitative estimate of drug-likeness (QED) is 0.245. The zero-order valence-electron chi connectivity index (χ0n) is 18.2. The highest BCUT2D eigenvalue weighted by molar-refractivity contribution is 6.31. The highest BCUT2D eigenvalue weighted by Gasteiger charge is 2.10. The smallest absolute Gasteiger partial charge is 0.134 e. The Kier molecular flexibility index (Phi) is 7.69. The van der Waals surface area contributed by atoms with Gasteiger partial charge in [-0.3, -0.25) is 9.88 Å². The topological polar surface area (TPSA) is 41.3 Å². The first kappa shape index (κ1) is 22.7. The first-order valence-corrected chi connectivity index (χ1v) is 11.7. The Balaban J connectivity index is 1.33. The molecule has 32 heavy (non-hydrogen) atoms. The van der Waals surface area contributed by atoms with Crippen molar-refractivity contribution >= 4 is 39.8 Å². The summed E-state index contributed by atoms with van der Waals surface area (Å²) < 4.78 is 6.10. The lowest BCUT2D eigenvalue weighted by Crippen LogP contribution is -2.26. The van der Waals surface area contributed by atoms with E-state index in [1.54, 1.807) is 0 Å². The van der Waals surface area contributed by atoms with E-state index in [1.807, 2.05) is 60.8 Å². The SMILES string of the molecule is CCCN(CCCNc1ccnc2cc(Cl)ccc12)Cc1ccc(-c2cccc(Cl)c2)o1. The number of anilines is 1. The number of rotatable bonds is 10. The Labute approximate surface area is 199 Å². The first-order valence-electron chi connectivity index (χ1n) is 11.0. The fraction of sp³-hybridized carbons (Fsp3) is 0.269. The van der Waals surface area contributed by atoms with Crippen LogP contribution in [0.1, 0.15) is 25.5 Å². The van der Waals surface area contributed by atoms with Crippen molar-refractivity contribution in [2.45, 2.75) is 26.3 Å². The zero-order chi connectivity index (χ0) is 22.3. The standard InChI is InChI=1S/C26H27Cl2N3O/c1-2-14-31(18-22-8-10-26(32-22)19-5-3-6-20(27)16-19)15-4-12-29-24-11-13-30-25-17-21(28)7-9-23(24)25/h3,5-11,13,16-17H,2,4,12,14-15,18H2,1H3,(H,29,30). The van der Waals surface area contributed by atoms with Crippen molar-refractivity contribution in [1.82, 2.24) is 9.88 Å². The second kappa shape index (κ2) is 10.9. The minimum absolute atomic E-state index is 0.703. The van der Waals surface area contributed by atoms with E-state index in [2.05, 4.69) is 28.2 Å². The van der Waals surface area contributed by atoms with Gasteiger partial charge in [0.1, 0.15) is 11.5 Å². The molecule has 0 spiro atoms. The van der Waals surface area contributed by atoms with E-state index in [0.717, 1.165) is 72.7 Å². The van der Waals surface area contributed by atoms with Crippen molar-refractivity contribution in [3.8, 4) is 11.3 Å². The number of aromatic nitrogens is 1. The summed E-state index contributed by atoms with van der Waals surface area (Å²) in [5.74, 6) is 1.82. The average Bonchev–Trinajstić information content (AvgIpc) is 3.25. The summed E-state index contributed by atoms with van der Waals surface area (Å²) in [7, 11) is 0. The van der Waals surface area contributed by atoms with Gasteiger partial charge in [-0.15, -0.1) is 0 Å². The molecule has 0 fully saturated rings. The fourth-order valence-corrected chi connectivity index (χ4v) is 4.22. The molecule has 0 unspecified atom stereocenters. The minimum atomic E-state index is 0.703.